The van der Waals surface area contributed by atoms with E-state index in [0.29, 0.717) is 0 Å². The zero-order valence-corrected chi connectivity index (χ0v) is 3.46. The van der Waals surface area contributed by atoms with E-state index in [1.54, 1.807) is 0 Å². The summed E-state index contributed by atoms with van der Waals surface area (Å²) in [4.78, 5) is 0. The van der Waals surface area contributed by atoms with E-state index < -0.39 is 0 Å². The summed E-state index contributed by atoms with van der Waals surface area (Å²) in [7, 11) is 2.00. The van der Waals surface area contributed by atoms with Crippen molar-refractivity contribution in [2.45, 2.75) is 0 Å². The lowest BCUT2D eigenvalue weighted by Gasteiger charge is -1.51. The summed E-state index contributed by atoms with van der Waals surface area (Å²) in [6, 6.07) is 0. The van der Waals surface area contributed by atoms with Crippen LogP contribution in [0.25, 0.3) is 0 Å². The summed E-state index contributed by atoms with van der Waals surface area (Å²) in [6.07, 6.45) is 4.00. The minimum absolute atomic E-state index is 0. The average Bonchev–Trinajstić information content (AvgIpc) is 1.76. The van der Waals surface area contributed by atoms with Gasteiger partial charge in [-0.25, -0.2) is 0 Å². The Morgan fingerprint density at radius 1 is 1.00 bits per heavy atom. The Labute approximate surface area is 40.8 Å². The molecule has 0 aliphatic carbocycles. The molecule has 0 amide bonds. The number of hydrogen-bond donors (Lipinski definition) is 0. The molecule has 1 rings (SSSR count). The molecule has 1 aliphatic heterocycles. The molecule has 0 fully saturated rings. The average molecular weight is 73.7 g/mol. The Kier molecular flexibility index (Phi) is 2.64. The van der Waals surface area contributed by atoms with Crippen LogP contribution in [0.3, 0.4) is 0 Å². The zero-order chi connectivity index (χ0) is 3.54. The first kappa shape index (κ1) is 5.61. The van der Waals surface area contributed by atoms with Gasteiger partial charge in [0, 0.05) is 8.41 Å². The third kappa shape index (κ3) is 1.16. The van der Waals surface area contributed by atoms with Crippen molar-refractivity contribution in [1.29, 1.82) is 0 Å². The van der Waals surface area contributed by atoms with Crippen LogP contribution >= 0.6 is 0 Å². The molecule has 26 valence electrons. The van der Waals surface area contributed by atoms with Crippen LogP contribution in [0, 0.1) is 0 Å². The predicted octanol–water partition coefficient (Wildman–Crippen LogP) is 0.351. The summed E-state index contributed by atoms with van der Waals surface area (Å²) in [5.41, 5.74) is 0. The van der Waals surface area contributed by atoms with Gasteiger partial charge in [0.1, 0.15) is 0 Å². The van der Waals surface area contributed by atoms with Gasteiger partial charge in [0.15, 0.2) is 7.28 Å². The van der Waals surface area contributed by atoms with Gasteiger partial charge in [0.25, 0.3) is 0 Å². The van der Waals surface area contributed by atoms with Gasteiger partial charge in [0.2, 0.25) is 0 Å². The second kappa shape index (κ2) is 2.83. The molecule has 1 heterocycles. The quantitative estimate of drug-likeness (QED) is 0.363. The number of allylic oxidation sites excluding steroid dienone is 2. The second-order valence-electron chi connectivity index (χ2n) is 0.962. The maximum Gasteiger partial charge on any atom is 0.171 e. The molecule has 0 aromatic carbocycles. The molecule has 0 spiro atoms. The fourth-order valence-electron chi connectivity index (χ4n) is 0.321. The molecule has 0 nitrogen and oxygen atoms in total. The molecule has 0 N–H and O–H groups in total. The minimum atomic E-state index is 0. The lowest BCUT2D eigenvalue weighted by molar-refractivity contribution is 2.15. The number of hydrogen-bond acceptors (Lipinski definition) is 0. The van der Waals surface area contributed by atoms with E-state index >= 15 is 0 Å². The largest absolute Gasteiger partial charge is 0.171 e. The molecule has 0 atom stereocenters. The minimum Gasteiger partial charge on any atom is -0.117 e. The van der Waals surface area contributed by atoms with Crippen molar-refractivity contribution in [3.63, 3.8) is 0 Å². The Balaban J connectivity index is 0.000000250. The van der Waals surface area contributed by atoms with Crippen molar-refractivity contribution in [2.24, 2.45) is 0 Å². The molecule has 2 heteroatoms. The molecular weight excluding hydrogens is 69.7 g/mol. The first-order chi connectivity index (χ1) is 2.50. The van der Waals surface area contributed by atoms with E-state index in [9.17, 15) is 0 Å². The first-order valence-electron chi connectivity index (χ1n) is 1.67. The Morgan fingerprint density at radius 2 is 1.50 bits per heavy atom. The standard InChI is InChI=1S/C4H4B.B/c1-2-4-5-3-1;/h1-4H;. The highest BCUT2D eigenvalue weighted by Gasteiger charge is 1.75. The van der Waals surface area contributed by atoms with Crippen molar-refractivity contribution < 1.29 is 0 Å². The van der Waals surface area contributed by atoms with Crippen molar-refractivity contribution >= 4 is 15.7 Å². The fraction of sp³-hybridized carbons (Fsp3) is 0. The second-order valence-corrected chi connectivity index (χ2v) is 0.962. The lowest BCUT2D eigenvalue weighted by Crippen LogP contribution is -1.63. The van der Waals surface area contributed by atoms with E-state index in [2.05, 4.69) is 0 Å². The summed E-state index contributed by atoms with van der Waals surface area (Å²) in [6.45, 7) is 0. The molecule has 0 saturated heterocycles. The molecule has 0 unspecified atom stereocenters. The van der Waals surface area contributed by atoms with E-state index in [-0.39, 0.29) is 8.41 Å². The van der Waals surface area contributed by atoms with Gasteiger partial charge in [-0.05, 0) is 0 Å². The Morgan fingerprint density at radius 3 is 1.67 bits per heavy atom. The molecule has 0 saturated carbocycles. The van der Waals surface area contributed by atoms with Crippen LogP contribution in [-0.4, -0.2) is 15.7 Å². The van der Waals surface area contributed by atoms with Crippen LogP contribution in [0.15, 0.2) is 24.1 Å². The summed E-state index contributed by atoms with van der Waals surface area (Å²) in [5, 5.41) is 0. The first-order valence-corrected chi connectivity index (χ1v) is 1.67. The normalized spacial score (nSPS) is 13.3. The molecule has 0 aromatic heterocycles. The van der Waals surface area contributed by atoms with E-state index in [1.165, 1.54) is 0 Å². The van der Waals surface area contributed by atoms with Crippen molar-refractivity contribution in [3.8, 4) is 0 Å². The van der Waals surface area contributed by atoms with Crippen LogP contribution in [0.5, 0.6) is 0 Å². The Hall–Kier alpha value is -0.390. The predicted molar refractivity (Wildman–Crippen MR) is 29.8 cm³/mol. The molecule has 0 bridgehead atoms. The van der Waals surface area contributed by atoms with Crippen molar-refractivity contribution in [2.75, 3.05) is 0 Å². The topological polar surface area (TPSA) is 0 Å². The van der Waals surface area contributed by atoms with Crippen LogP contribution in [0.1, 0.15) is 0 Å². The maximum atomic E-state index is 2.00. The zero-order valence-electron chi connectivity index (χ0n) is 3.46. The van der Waals surface area contributed by atoms with Crippen molar-refractivity contribution in [1.82, 2.24) is 0 Å². The Bertz CT molecular complexity index is 63.6. The van der Waals surface area contributed by atoms with Gasteiger partial charge < -0.3 is 0 Å². The molecule has 4 radical (unpaired) electrons. The van der Waals surface area contributed by atoms with Crippen LogP contribution < -0.4 is 0 Å². The highest BCUT2D eigenvalue weighted by atomic mass is 13.6. The van der Waals surface area contributed by atoms with E-state index in [1.807, 2.05) is 31.4 Å². The summed E-state index contributed by atoms with van der Waals surface area (Å²) < 4.78 is 0. The van der Waals surface area contributed by atoms with E-state index in [0.717, 1.165) is 0 Å². The lowest BCUT2D eigenvalue weighted by atomic mass is 9.83. The highest BCUT2D eigenvalue weighted by molar-refractivity contribution is 6.49. The molecular formula is C4H4B2. The molecule has 6 heavy (non-hydrogen) atoms. The molecule has 1 aliphatic rings. The van der Waals surface area contributed by atoms with Gasteiger partial charge in [-0.3, -0.25) is 0 Å². The monoisotopic (exact) mass is 74.0 g/mol. The smallest absolute Gasteiger partial charge is 0.117 e. The van der Waals surface area contributed by atoms with Gasteiger partial charge in [-0.2, -0.15) is 0 Å². The maximum absolute atomic E-state index is 2.00. The third-order valence-electron chi connectivity index (χ3n) is 0.556. The van der Waals surface area contributed by atoms with Gasteiger partial charge >= 0.3 is 0 Å². The molecule has 0 aromatic rings. The summed E-state index contributed by atoms with van der Waals surface area (Å²) >= 11 is 0. The van der Waals surface area contributed by atoms with Crippen molar-refractivity contribution in [3.05, 3.63) is 24.1 Å². The van der Waals surface area contributed by atoms with Gasteiger partial charge in [0.05, 0.1) is 0 Å². The van der Waals surface area contributed by atoms with Crippen LogP contribution in [-0.2, 0) is 0 Å². The fourth-order valence-corrected chi connectivity index (χ4v) is 0.321. The third-order valence-corrected chi connectivity index (χ3v) is 0.556. The number of rotatable bonds is 0. The van der Waals surface area contributed by atoms with Gasteiger partial charge in [-0.1, -0.05) is 12.2 Å². The van der Waals surface area contributed by atoms with Gasteiger partial charge in [-0.15, -0.1) is 12.0 Å². The van der Waals surface area contributed by atoms with Crippen LogP contribution in [0.2, 0.25) is 0 Å². The van der Waals surface area contributed by atoms with E-state index in [4.69, 9.17) is 0 Å². The summed E-state index contributed by atoms with van der Waals surface area (Å²) in [5.74, 6) is 4.00. The van der Waals surface area contributed by atoms with Crippen LogP contribution in [0.4, 0.5) is 0 Å². The highest BCUT2D eigenvalue weighted by Crippen LogP contribution is 1.82. The SMILES string of the molecule is [B].[B]1C=CC=C1.